The number of amides is 2. The predicted molar refractivity (Wildman–Crippen MR) is 138 cm³/mol. The predicted octanol–water partition coefficient (Wildman–Crippen LogP) is 2.35. The van der Waals surface area contributed by atoms with Crippen molar-refractivity contribution >= 4 is 23.6 Å². The molecule has 0 bridgehead atoms. The summed E-state index contributed by atoms with van der Waals surface area (Å²) in [6.07, 6.45) is 10.6. The average Bonchev–Trinajstić information content (AvgIpc) is 2.91. The summed E-state index contributed by atoms with van der Waals surface area (Å²) in [4.78, 5) is 44.1. The first-order valence-electron chi connectivity index (χ1n) is 13.8. The summed E-state index contributed by atoms with van der Waals surface area (Å²) < 4.78 is 0. The minimum atomic E-state index is -1.12. The van der Waals surface area contributed by atoms with Crippen LogP contribution in [0.15, 0.2) is 12.1 Å². The molecule has 4 rings (SSSR count). The van der Waals surface area contributed by atoms with Gasteiger partial charge in [0.1, 0.15) is 11.9 Å². The zero-order valence-corrected chi connectivity index (χ0v) is 21.3. The van der Waals surface area contributed by atoms with Crippen LogP contribution < -0.4 is 16.0 Å². The van der Waals surface area contributed by atoms with Gasteiger partial charge in [-0.2, -0.15) is 0 Å². The van der Waals surface area contributed by atoms with Crippen molar-refractivity contribution in [1.82, 2.24) is 20.5 Å². The van der Waals surface area contributed by atoms with Gasteiger partial charge in [0, 0.05) is 31.2 Å². The second kappa shape index (κ2) is 13.0. The average molecular weight is 500 g/mol. The summed E-state index contributed by atoms with van der Waals surface area (Å²) in [6.45, 7) is 3.46. The van der Waals surface area contributed by atoms with E-state index in [0.29, 0.717) is 6.54 Å². The number of aryl methyl sites for hydroxylation is 2. The minimum Gasteiger partial charge on any atom is -0.480 e. The molecule has 4 N–H and O–H groups in total. The first-order valence-corrected chi connectivity index (χ1v) is 13.8. The number of carboxylic acids is 1. The summed E-state index contributed by atoms with van der Waals surface area (Å²) in [7, 11) is 0. The molecule has 0 aromatic carbocycles. The van der Waals surface area contributed by atoms with E-state index in [0.717, 1.165) is 102 Å². The van der Waals surface area contributed by atoms with Crippen LogP contribution in [0.4, 0.5) is 5.82 Å². The lowest BCUT2D eigenvalue weighted by Crippen LogP contribution is -2.52. The molecule has 2 amide bonds. The Morgan fingerprint density at radius 3 is 2.67 bits per heavy atom. The van der Waals surface area contributed by atoms with Crippen molar-refractivity contribution in [3.05, 3.63) is 23.4 Å². The third kappa shape index (κ3) is 7.41. The molecule has 0 spiro atoms. The maximum Gasteiger partial charge on any atom is 0.328 e. The number of hydrogen-bond donors (Lipinski definition) is 4. The maximum absolute atomic E-state index is 12.8. The highest BCUT2D eigenvalue weighted by Gasteiger charge is 2.29. The Morgan fingerprint density at radius 1 is 1.06 bits per heavy atom. The molecule has 1 aromatic rings. The standard InChI is InChI=1S/C27H41N5O4/c33-25(29-17-23(27(35)36)31-26(34)20-7-2-1-3-8-20)21-10-5-15-32(18-21)16-6-11-22-13-12-19-9-4-14-28-24(19)30-22/h12-13,20-21,23H,1-11,14-18H2,(H,28,30)(H,29,33)(H,31,34)(H,35,36)/t21-,23+/m1/s1. The van der Waals surface area contributed by atoms with Crippen molar-refractivity contribution in [2.75, 3.05) is 38.0 Å². The number of hydrogen-bond acceptors (Lipinski definition) is 6. The SMILES string of the molecule is O=C(N[C@@H](CNC(=O)[C@@H]1CCCN(CCCc2ccc3c(n2)NCCC3)C1)C(=O)O)C1CCCCC1. The van der Waals surface area contributed by atoms with Crippen LogP contribution in [0.5, 0.6) is 0 Å². The van der Waals surface area contributed by atoms with E-state index in [1.54, 1.807) is 0 Å². The number of piperidine rings is 1. The number of carbonyl (C=O) groups is 3. The minimum absolute atomic E-state index is 0.0822. The Labute approximate surface area is 213 Å². The molecule has 9 heteroatoms. The van der Waals surface area contributed by atoms with Gasteiger partial charge in [0.05, 0.1) is 5.92 Å². The lowest BCUT2D eigenvalue weighted by atomic mass is 9.88. The van der Waals surface area contributed by atoms with Gasteiger partial charge >= 0.3 is 5.97 Å². The number of rotatable bonds is 10. The number of anilines is 1. The molecule has 2 fully saturated rings. The zero-order chi connectivity index (χ0) is 25.3. The van der Waals surface area contributed by atoms with Crippen LogP contribution in [-0.2, 0) is 27.2 Å². The molecule has 198 valence electrons. The normalized spacial score (nSPS) is 21.6. The molecular weight excluding hydrogens is 458 g/mol. The van der Waals surface area contributed by atoms with Crippen molar-refractivity contribution in [2.45, 2.75) is 76.7 Å². The number of fused-ring (bicyclic) bond motifs is 1. The van der Waals surface area contributed by atoms with E-state index < -0.39 is 12.0 Å². The first-order chi connectivity index (χ1) is 17.5. The lowest BCUT2D eigenvalue weighted by Gasteiger charge is -2.32. The van der Waals surface area contributed by atoms with E-state index in [1.165, 1.54) is 5.56 Å². The first kappa shape index (κ1) is 26.4. The number of nitrogens with one attached hydrogen (secondary N) is 3. The van der Waals surface area contributed by atoms with Crippen LogP contribution in [0.2, 0.25) is 0 Å². The fourth-order valence-electron chi connectivity index (χ4n) is 5.67. The number of nitrogens with zero attached hydrogens (tertiary/aromatic N) is 2. The van der Waals surface area contributed by atoms with Gasteiger partial charge in [-0.25, -0.2) is 9.78 Å². The highest BCUT2D eigenvalue weighted by atomic mass is 16.4. The van der Waals surface area contributed by atoms with Gasteiger partial charge in [-0.1, -0.05) is 25.3 Å². The van der Waals surface area contributed by atoms with Crippen molar-refractivity contribution in [2.24, 2.45) is 11.8 Å². The lowest BCUT2D eigenvalue weighted by molar-refractivity contribution is -0.142. The molecule has 2 aliphatic heterocycles. The molecular formula is C27H41N5O4. The number of carbonyl (C=O) groups excluding carboxylic acids is 2. The summed E-state index contributed by atoms with van der Waals surface area (Å²) in [5.41, 5.74) is 2.40. The van der Waals surface area contributed by atoms with Gasteiger partial charge in [0.15, 0.2) is 0 Å². The molecule has 0 unspecified atom stereocenters. The fourth-order valence-corrected chi connectivity index (χ4v) is 5.67. The third-order valence-corrected chi connectivity index (χ3v) is 7.81. The molecule has 0 radical (unpaired) electrons. The summed E-state index contributed by atoms with van der Waals surface area (Å²) in [6, 6.07) is 3.22. The van der Waals surface area contributed by atoms with Gasteiger partial charge in [-0.3, -0.25) is 9.59 Å². The van der Waals surface area contributed by atoms with E-state index >= 15 is 0 Å². The topological polar surface area (TPSA) is 124 Å². The second-order valence-electron chi connectivity index (χ2n) is 10.6. The Bertz CT molecular complexity index is 917. The highest BCUT2D eigenvalue weighted by Crippen LogP contribution is 2.24. The van der Waals surface area contributed by atoms with E-state index in [1.807, 2.05) is 0 Å². The van der Waals surface area contributed by atoms with Crippen molar-refractivity contribution in [1.29, 1.82) is 0 Å². The number of carboxylic acid groups (broad SMARTS) is 1. The Hall–Kier alpha value is -2.68. The van der Waals surface area contributed by atoms with Crippen LogP contribution in [-0.4, -0.2) is 71.5 Å². The fraction of sp³-hybridized carbons (Fsp3) is 0.704. The van der Waals surface area contributed by atoms with Crippen molar-refractivity contribution in [3.8, 4) is 0 Å². The number of pyridine rings is 1. The quantitative estimate of drug-likeness (QED) is 0.390. The summed E-state index contributed by atoms with van der Waals surface area (Å²) in [5, 5.41) is 18.4. The molecule has 3 aliphatic rings. The van der Waals surface area contributed by atoms with E-state index in [-0.39, 0.29) is 30.2 Å². The molecule has 36 heavy (non-hydrogen) atoms. The van der Waals surface area contributed by atoms with Gasteiger partial charge in [0.2, 0.25) is 11.8 Å². The van der Waals surface area contributed by atoms with Crippen LogP contribution in [0.1, 0.15) is 69.0 Å². The third-order valence-electron chi connectivity index (χ3n) is 7.81. The highest BCUT2D eigenvalue weighted by molar-refractivity contribution is 5.86. The number of aromatic nitrogens is 1. The monoisotopic (exact) mass is 499 g/mol. The van der Waals surface area contributed by atoms with E-state index in [2.05, 4.69) is 33.0 Å². The van der Waals surface area contributed by atoms with E-state index in [4.69, 9.17) is 4.98 Å². The Morgan fingerprint density at radius 2 is 1.86 bits per heavy atom. The van der Waals surface area contributed by atoms with Gasteiger partial charge in [-0.05, 0) is 76.1 Å². The van der Waals surface area contributed by atoms with Crippen LogP contribution >= 0.6 is 0 Å². The molecule has 1 aromatic heterocycles. The second-order valence-corrected chi connectivity index (χ2v) is 10.6. The van der Waals surface area contributed by atoms with Crippen molar-refractivity contribution < 1.29 is 19.5 Å². The number of aliphatic carboxylic acids is 1. The largest absolute Gasteiger partial charge is 0.480 e. The summed E-state index contributed by atoms with van der Waals surface area (Å²) >= 11 is 0. The molecule has 1 aliphatic carbocycles. The number of likely N-dealkylation sites (tertiary alicyclic amines) is 1. The molecule has 3 heterocycles. The van der Waals surface area contributed by atoms with Crippen molar-refractivity contribution in [3.63, 3.8) is 0 Å². The zero-order valence-electron chi connectivity index (χ0n) is 21.3. The molecule has 2 atom stereocenters. The van der Waals surface area contributed by atoms with Crippen LogP contribution in [0.25, 0.3) is 0 Å². The summed E-state index contributed by atoms with van der Waals surface area (Å²) in [5.74, 6) is -0.687. The maximum atomic E-state index is 12.8. The van der Waals surface area contributed by atoms with Gasteiger partial charge in [-0.15, -0.1) is 0 Å². The smallest absolute Gasteiger partial charge is 0.328 e. The Kier molecular flexibility index (Phi) is 9.55. The molecule has 1 saturated carbocycles. The Balaban J connectivity index is 1.19. The van der Waals surface area contributed by atoms with Gasteiger partial charge < -0.3 is 26.0 Å². The van der Waals surface area contributed by atoms with Crippen LogP contribution in [0.3, 0.4) is 0 Å². The molecule has 9 nitrogen and oxygen atoms in total. The molecule has 1 saturated heterocycles. The van der Waals surface area contributed by atoms with Gasteiger partial charge in [0.25, 0.3) is 0 Å². The van der Waals surface area contributed by atoms with E-state index in [9.17, 15) is 19.5 Å². The van der Waals surface area contributed by atoms with Crippen LogP contribution in [0, 0.1) is 11.8 Å².